The van der Waals surface area contributed by atoms with Crippen molar-refractivity contribution in [2.24, 2.45) is 0 Å². The molecule has 5 rings (SSSR count). The number of aromatic amines is 1. The van der Waals surface area contributed by atoms with Gasteiger partial charge in [0.1, 0.15) is 0 Å². The molecule has 0 spiro atoms. The van der Waals surface area contributed by atoms with Gasteiger partial charge in [-0.15, -0.1) is 5.10 Å². The Morgan fingerprint density at radius 1 is 1.00 bits per heavy atom. The van der Waals surface area contributed by atoms with Gasteiger partial charge >= 0.3 is 0 Å². The van der Waals surface area contributed by atoms with Gasteiger partial charge in [0.2, 0.25) is 0 Å². The van der Waals surface area contributed by atoms with Crippen molar-refractivity contribution >= 4 is 10.9 Å². The smallest absolute Gasteiger partial charge is 0.252 e. The summed E-state index contributed by atoms with van der Waals surface area (Å²) in [6, 6.07) is 7.19. The fourth-order valence-electron chi connectivity index (χ4n) is 5.65. The Hall–Kier alpha value is -2.54. The maximum atomic E-state index is 13.0. The van der Waals surface area contributed by atoms with Gasteiger partial charge in [0.25, 0.3) is 5.56 Å². The number of H-pyrrole nitrogens is 1. The van der Waals surface area contributed by atoms with Crippen molar-refractivity contribution < 1.29 is 0 Å². The second kappa shape index (κ2) is 9.14. The molecule has 0 atom stereocenters. The lowest BCUT2D eigenvalue weighted by Crippen LogP contribution is -2.35. The molecule has 2 aromatic heterocycles. The lowest BCUT2D eigenvalue weighted by Gasteiger charge is -2.29. The number of aromatic nitrogens is 5. The minimum Gasteiger partial charge on any atom is -0.321 e. The molecule has 2 heterocycles. The number of hydrogen-bond donors (Lipinski definition) is 1. The number of benzene rings is 1. The van der Waals surface area contributed by atoms with Crippen LogP contribution in [0.25, 0.3) is 10.9 Å². The summed E-state index contributed by atoms with van der Waals surface area (Å²) < 4.78 is 2.07. The molecule has 7 nitrogen and oxygen atoms in total. The van der Waals surface area contributed by atoms with E-state index in [1.54, 1.807) is 0 Å². The van der Waals surface area contributed by atoms with Crippen LogP contribution in [0.1, 0.15) is 86.3 Å². The van der Waals surface area contributed by atoms with Crippen molar-refractivity contribution in [3.8, 4) is 0 Å². The zero-order valence-corrected chi connectivity index (χ0v) is 19.3. The molecule has 0 amide bonds. The molecule has 0 saturated heterocycles. The zero-order chi connectivity index (χ0) is 22.1. The predicted molar refractivity (Wildman–Crippen MR) is 125 cm³/mol. The Labute approximate surface area is 189 Å². The van der Waals surface area contributed by atoms with E-state index in [9.17, 15) is 4.79 Å². The van der Waals surface area contributed by atoms with Crippen LogP contribution < -0.4 is 5.56 Å². The Morgan fingerprint density at radius 2 is 1.72 bits per heavy atom. The van der Waals surface area contributed by atoms with Crippen molar-refractivity contribution in [2.45, 2.75) is 96.8 Å². The maximum absolute atomic E-state index is 13.0. The topological polar surface area (TPSA) is 79.7 Å². The minimum absolute atomic E-state index is 0.0149. The van der Waals surface area contributed by atoms with Crippen LogP contribution in [0.4, 0.5) is 0 Å². The molecule has 2 aliphatic rings. The number of pyridine rings is 1. The first-order valence-electron chi connectivity index (χ1n) is 12.2. The highest BCUT2D eigenvalue weighted by atomic mass is 16.1. The summed E-state index contributed by atoms with van der Waals surface area (Å²) in [5, 5.41) is 14.0. The summed E-state index contributed by atoms with van der Waals surface area (Å²) in [5.41, 5.74) is 4.09. The number of hydrogen-bond acceptors (Lipinski definition) is 5. The van der Waals surface area contributed by atoms with Gasteiger partial charge in [-0.05, 0) is 67.2 Å². The molecule has 0 radical (unpaired) electrons. The Bertz CT molecular complexity index is 1140. The van der Waals surface area contributed by atoms with E-state index in [1.807, 2.05) is 6.92 Å². The Morgan fingerprint density at radius 3 is 2.50 bits per heavy atom. The first-order chi connectivity index (χ1) is 15.6. The second-order valence-corrected chi connectivity index (χ2v) is 9.79. The molecule has 170 valence electrons. The van der Waals surface area contributed by atoms with Crippen molar-refractivity contribution in [3.05, 3.63) is 51.1 Å². The molecule has 2 saturated carbocycles. The monoisotopic (exact) mass is 434 g/mol. The Balaban J connectivity index is 1.45. The summed E-state index contributed by atoms with van der Waals surface area (Å²) in [4.78, 5) is 18.6. The van der Waals surface area contributed by atoms with Crippen molar-refractivity contribution in [3.63, 3.8) is 0 Å². The third kappa shape index (κ3) is 4.22. The van der Waals surface area contributed by atoms with Gasteiger partial charge in [0.05, 0.1) is 18.1 Å². The molecular weight excluding hydrogens is 400 g/mol. The predicted octanol–water partition coefficient (Wildman–Crippen LogP) is 4.58. The van der Waals surface area contributed by atoms with Gasteiger partial charge in [0, 0.05) is 23.5 Å². The number of nitrogens with zero attached hydrogens (tertiary/aromatic N) is 5. The molecule has 0 bridgehead atoms. The van der Waals surface area contributed by atoms with Gasteiger partial charge in [-0.1, -0.05) is 44.2 Å². The average molecular weight is 435 g/mol. The van der Waals surface area contributed by atoms with E-state index in [4.69, 9.17) is 0 Å². The van der Waals surface area contributed by atoms with Crippen LogP contribution >= 0.6 is 0 Å². The highest BCUT2D eigenvalue weighted by Crippen LogP contribution is 2.30. The number of aryl methyl sites for hydroxylation is 2. The maximum Gasteiger partial charge on any atom is 0.252 e. The minimum atomic E-state index is 0.0149. The highest BCUT2D eigenvalue weighted by molar-refractivity contribution is 5.85. The molecule has 0 aliphatic heterocycles. The molecule has 2 fully saturated rings. The van der Waals surface area contributed by atoms with Gasteiger partial charge in [-0.3, -0.25) is 9.69 Å². The van der Waals surface area contributed by atoms with E-state index in [-0.39, 0.29) is 5.56 Å². The number of tetrazole rings is 1. The van der Waals surface area contributed by atoms with E-state index in [1.165, 1.54) is 50.5 Å². The summed E-state index contributed by atoms with van der Waals surface area (Å²) in [6.07, 6.45) is 11.0. The van der Waals surface area contributed by atoms with Crippen LogP contribution in [0, 0.1) is 13.8 Å². The number of fused-ring (bicyclic) bond motifs is 1. The van der Waals surface area contributed by atoms with Crippen LogP contribution in [0.2, 0.25) is 0 Å². The largest absolute Gasteiger partial charge is 0.321 e. The summed E-state index contributed by atoms with van der Waals surface area (Å²) in [6.45, 7) is 5.48. The molecule has 0 unspecified atom stereocenters. The van der Waals surface area contributed by atoms with Crippen molar-refractivity contribution in [2.75, 3.05) is 0 Å². The van der Waals surface area contributed by atoms with Crippen molar-refractivity contribution in [1.29, 1.82) is 0 Å². The standard InChI is InChI=1S/C25H34N6O/c1-17-12-13-18(2)24-22(17)14-19(25(32)26-24)15-30(20-8-6-7-9-20)16-23-27-28-29-31(23)21-10-4-3-5-11-21/h12-14,20-21H,3-11,15-16H2,1-2H3,(H,26,32). The normalized spacial score (nSPS) is 18.2. The fourth-order valence-corrected chi connectivity index (χ4v) is 5.65. The molecule has 1 N–H and O–H groups in total. The first-order valence-corrected chi connectivity index (χ1v) is 12.2. The molecule has 7 heteroatoms. The quantitative estimate of drug-likeness (QED) is 0.614. The van der Waals surface area contributed by atoms with E-state index in [0.717, 1.165) is 40.7 Å². The highest BCUT2D eigenvalue weighted by Gasteiger charge is 2.27. The van der Waals surface area contributed by atoms with Crippen molar-refractivity contribution in [1.82, 2.24) is 30.1 Å². The summed E-state index contributed by atoms with van der Waals surface area (Å²) in [5.74, 6) is 0.938. The van der Waals surface area contributed by atoms with E-state index in [2.05, 4.69) is 55.2 Å². The van der Waals surface area contributed by atoms with E-state index >= 15 is 0 Å². The van der Waals surface area contributed by atoms with Gasteiger partial charge in [0.15, 0.2) is 5.82 Å². The third-order valence-electron chi connectivity index (χ3n) is 7.56. The fraction of sp³-hybridized carbons (Fsp3) is 0.600. The van der Waals surface area contributed by atoms with Gasteiger partial charge in [-0.25, -0.2) is 4.68 Å². The van der Waals surface area contributed by atoms with Gasteiger partial charge in [-0.2, -0.15) is 0 Å². The lowest BCUT2D eigenvalue weighted by molar-refractivity contribution is 0.168. The van der Waals surface area contributed by atoms with Gasteiger partial charge < -0.3 is 4.98 Å². The van der Waals surface area contributed by atoms with Crippen LogP contribution in [-0.4, -0.2) is 36.1 Å². The number of rotatable bonds is 6. The zero-order valence-electron chi connectivity index (χ0n) is 19.3. The molecule has 2 aliphatic carbocycles. The first kappa shape index (κ1) is 21.3. The van der Waals surface area contributed by atoms with E-state index in [0.29, 0.717) is 25.2 Å². The summed E-state index contributed by atoms with van der Waals surface area (Å²) >= 11 is 0. The third-order valence-corrected chi connectivity index (χ3v) is 7.56. The molecule has 32 heavy (non-hydrogen) atoms. The van der Waals surface area contributed by atoms with Crippen LogP contribution in [0.5, 0.6) is 0 Å². The van der Waals surface area contributed by atoms with E-state index < -0.39 is 0 Å². The second-order valence-electron chi connectivity index (χ2n) is 9.79. The Kier molecular flexibility index (Phi) is 6.09. The average Bonchev–Trinajstić information content (AvgIpc) is 3.50. The molecule has 3 aromatic rings. The summed E-state index contributed by atoms with van der Waals surface area (Å²) in [7, 11) is 0. The number of nitrogens with one attached hydrogen (secondary N) is 1. The van der Waals surface area contributed by atoms with Crippen LogP contribution in [0.3, 0.4) is 0 Å². The molecule has 1 aromatic carbocycles. The molecular formula is C25H34N6O. The van der Waals surface area contributed by atoms with Crippen LogP contribution in [-0.2, 0) is 13.1 Å². The lowest BCUT2D eigenvalue weighted by atomic mass is 9.95. The van der Waals surface area contributed by atoms with Crippen LogP contribution in [0.15, 0.2) is 23.0 Å². The SMILES string of the molecule is Cc1ccc(C)c2[nH]c(=O)c(CN(Cc3nnnn3C3CCCCC3)C3CCCC3)cc12.